The van der Waals surface area contributed by atoms with Gasteiger partial charge in [-0.25, -0.2) is 18.7 Å². The molecule has 0 saturated carbocycles. The fourth-order valence-electron chi connectivity index (χ4n) is 4.23. The Balaban J connectivity index is 1.40. The molecule has 1 saturated heterocycles. The highest BCUT2D eigenvalue weighted by molar-refractivity contribution is 5.98. The van der Waals surface area contributed by atoms with Crippen LogP contribution in [-0.2, 0) is 4.74 Å². The first kappa shape index (κ1) is 22.8. The van der Waals surface area contributed by atoms with Crippen molar-refractivity contribution in [2.24, 2.45) is 0 Å². The number of carbonyl (C=O) groups is 1. The second-order valence-corrected chi connectivity index (χ2v) is 9.46. The molecule has 35 heavy (non-hydrogen) atoms. The van der Waals surface area contributed by atoms with Gasteiger partial charge in [-0.15, -0.1) is 0 Å². The summed E-state index contributed by atoms with van der Waals surface area (Å²) in [6, 6.07) is 4.88. The van der Waals surface area contributed by atoms with E-state index in [-0.39, 0.29) is 11.8 Å². The van der Waals surface area contributed by atoms with E-state index in [2.05, 4.69) is 15.0 Å². The van der Waals surface area contributed by atoms with Crippen LogP contribution in [0.25, 0.3) is 27.7 Å². The number of amides is 1. The molecule has 0 unspecified atom stereocenters. The number of hydrogen-bond acceptors (Lipinski definition) is 7. The van der Waals surface area contributed by atoms with Crippen molar-refractivity contribution in [1.29, 1.82) is 0 Å². The van der Waals surface area contributed by atoms with Crippen molar-refractivity contribution >= 4 is 28.3 Å². The number of pyridine rings is 1. The maximum atomic E-state index is 14.2. The highest BCUT2D eigenvalue weighted by Gasteiger charge is 2.26. The number of benzene rings is 1. The predicted octanol–water partition coefficient (Wildman–Crippen LogP) is 4.15. The van der Waals surface area contributed by atoms with Crippen molar-refractivity contribution in [2.75, 3.05) is 38.2 Å². The van der Waals surface area contributed by atoms with Gasteiger partial charge in [0.15, 0.2) is 17.2 Å². The second-order valence-electron chi connectivity index (χ2n) is 9.46. The number of carbonyl (C=O) groups excluding carboxylic acids is 1. The molecule has 4 aromatic rings. The van der Waals surface area contributed by atoms with Gasteiger partial charge in [0.1, 0.15) is 5.60 Å². The van der Waals surface area contributed by atoms with Crippen LogP contribution in [0.3, 0.4) is 0 Å². The molecular weight excluding hydrogens is 451 g/mol. The lowest BCUT2D eigenvalue weighted by molar-refractivity contribution is 0.0240. The molecule has 0 bridgehead atoms. The van der Waals surface area contributed by atoms with E-state index >= 15 is 0 Å². The standard InChI is InChI=1S/C25H27FN6O3/c1-25(2,3)35-24(33)31-9-7-30(8-10-31)16-13-28-23-19(14-29-32(23)15-16)17-5-6-27-21-12-20(26)22(34-4)11-18(17)21/h5-6,11-15H,7-10H2,1-4H3. The van der Waals surface area contributed by atoms with Crippen molar-refractivity contribution in [1.82, 2.24) is 24.5 Å². The SMILES string of the molecule is COc1cc2c(-c3cnn4cc(N5CCN(C(=O)OC(C)(C)C)CC5)cnc34)ccnc2cc1F. The van der Waals surface area contributed by atoms with E-state index in [4.69, 9.17) is 14.5 Å². The topological polar surface area (TPSA) is 85.1 Å². The van der Waals surface area contributed by atoms with Gasteiger partial charge in [0.25, 0.3) is 0 Å². The molecule has 5 rings (SSSR count). The zero-order valence-corrected chi connectivity index (χ0v) is 20.2. The third-order valence-corrected chi connectivity index (χ3v) is 5.94. The molecule has 0 aliphatic carbocycles. The van der Waals surface area contributed by atoms with E-state index in [0.29, 0.717) is 37.3 Å². The van der Waals surface area contributed by atoms with Crippen LogP contribution in [0.1, 0.15) is 20.8 Å². The number of piperazine rings is 1. The minimum atomic E-state index is -0.513. The molecule has 1 amide bonds. The van der Waals surface area contributed by atoms with Crippen LogP contribution in [-0.4, -0.2) is 69.5 Å². The number of ether oxygens (including phenoxy) is 2. The molecule has 4 heterocycles. The smallest absolute Gasteiger partial charge is 0.410 e. The average molecular weight is 479 g/mol. The number of halogens is 1. The average Bonchev–Trinajstić information content (AvgIpc) is 3.25. The summed E-state index contributed by atoms with van der Waals surface area (Å²) in [4.78, 5) is 25.2. The summed E-state index contributed by atoms with van der Waals surface area (Å²) < 4.78 is 26.6. The van der Waals surface area contributed by atoms with E-state index in [1.54, 1.807) is 27.9 Å². The Bertz CT molecular complexity index is 1410. The number of rotatable bonds is 3. The van der Waals surface area contributed by atoms with Crippen molar-refractivity contribution in [3.63, 3.8) is 0 Å². The van der Waals surface area contributed by atoms with Crippen molar-refractivity contribution < 1.29 is 18.7 Å². The molecule has 10 heteroatoms. The van der Waals surface area contributed by atoms with E-state index in [9.17, 15) is 9.18 Å². The molecule has 1 aromatic carbocycles. The third kappa shape index (κ3) is 4.43. The maximum absolute atomic E-state index is 14.2. The molecule has 9 nitrogen and oxygen atoms in total. The summed E-state index contributed by atoms with van der Waals surface area (Å²) in [5.74, 6) is -0.303. The Morgan fingerprint density at radius 3 is 2.54 bits per heavy atom. The van der Waals surface area contributed by atoms with Gasteiger partial charge in [-0.3, -0.25) is 4.98 Å². The van der Waals surface area contributed by atoms with Gasteiger partial charge in [0.05, 0.1) is 36.9 Å². The minimum Gasteiger partial charge on any atom is -0.494 e. The summed E-state index contributed by atoms with van der Waals surface area (Å²) in [7, 11) is 1.44. The van der Waals surface area contributed by atoms with Crippen LogP contribution in [0.5, 0.6) is 5.75 Å². The first-order chi connectivity index (χ1) is 16.7. The van der Waals surface area contributed by atoms with E-state index in [1.165, 1.54) is 13.2 Å². The minimum absolute atomic E-state index is 0.156. The molecule has 0 N–H and O–H groups in total. The van der Waals surface area contributed by atoms with Gasteiger partial charge in [-0.2, -0.15) is 5.10 Å². The number of anilines is 1. The number of nitrogens with zero attached hydrogens (tertiary/aromatic N) is 6. The van der Waals surface area contributed by atoms with Gasteiger partial charge in [0, 0.05) is 49.4 Å². The normalized spacial score (nSPS) is 14.5. The zero-order chi connectivity index (χ0) is 24.7. The molecule has 182 valence electrons. The summed E-state index contributed by atoms with van der Waals surface area (Å²) in [6.07, 6.45) is 6.85. The van der Waals surface area contributed by atoms with E-state index in [0.717, 1.165) is 22.2 Å². The summed E-state index contributed by atoms with van der Waals surface area (Å²) in [5.41, 5.74) is 3.26. The second kappa shape index (κ2) is 8.68. The predicted molar refractivity (Wildman–Crippen MR) is 130 cm³/mol. The van der Waals surface area contributed by atoms with E-state index in [1.807, 2.05) is 39.2 Å². The first-order valence-electron chi connectivity index (χ1n) is 11.4. The highest BCUT2D eigenvalue weighted by Crippen LogP contribution is 2.33. The summed E-state index contributed by atoms with van der Waals surface area (Å²) in [6.45, 7) is 8.07. The number of aromatic nitrogens is 4. The number of fused-ring (bicyclic) bond motifs is 2. The van der Waals surface area contributed by atoms with Crippen molar-refractivity contribution in [3.8, 4) is 16.9 Å². The lowest BCUT2D eigenvalue weighted by atomic mass is 10.0. The van der Waals surface area contributed by atoms with Gasteiger partial charge in [0.2, 0.25) is 0 Å². The largest absolute Gasteiger partial charge is 0.494 e. The fourth-order valence-corrected chi connectivity index (χ4v) is 4.23. The van der Waals surface area contributed by atoms with E-state index < -0.39 is 11.4 Å². The maximum Gasteiger partial charge on any atom is 0.410 e. The van der Waals surface area contributed by atoms with Crippen LogP contribution >= 0.6 is 0 Å². The van der Waals surface area contributed by atoms with Crippen molar-refractivity contribution in [2.45, 2.75) is 26.4 Å². The number of hydrogen-bond donors (Lipinski definition) is 0. The molecule has 1 fully saturated rings. The Kier molecular flexibility index (Phi) is 5.66. The summed E-state index contributed by atoms with van der Waals surface area (Å²) in [5, 5.41) is 5.27. The monoisotopic (exact) mass is 478 g/mol. The van der Waals surface area contributed by atoms with Crippen LogP contribution < -0.4 is 9.64 Å². The highest BCUT2D eigenvalue weighted by atomic mass is 19.1. The molecule has 0 atom stereocenters. The quantitative estimate of drug-likeness (QED) is 0.437. The van der Waals surface area contributed by atoms with Crippen molar-refractivity contribution in [3.05, 3.63) is 48.8 Å². The lowest BCUT2D eigenvalue weighted by Gasteiger charge is -2.36. The molecular formula is C25H27FN6O3. The van der Waals surface area contributed by atoms with Crippen LogP contribution in [0.15, 0.2) is 43.0 Å². The van der Waals surface area contributed by atoms with Gasteiger partial charge in [-0.1, -0.05) is 0 Å². The summed E-state index contributed by atoms with van der Waals surface area (Å²) >= 11 is 0. The molecule has 0 radical (unpaired) electrons. The molecule has 0 spiro atoms. The molecule has 1 aliphatic heterocycles. The van der Waals surface area contributed by atoms with Crippen LogP contribution in [0, 0.1) is 5.82 Å². The zero-order valence-electron chi connectivity index (χ0n) is 20.2. The molecule has 3 aromatic heterocycles. The Labute approximate surface area is 202 Å². The number of methoxy groups -OCH3 is 1. The van der Waals surface area contributed by atoms with Crippen LogP contribution in [0.2, 0.25) is 0 Å². The molecule has 1 aliphatic rings. The fraction of sp³-hybridized carbons (Fsp3) is 0.360. The van der Waals surface area contributed by atoms with Gasteiger partial charge >= 0.3 is 6.09 Å². The third-order valence-electron chi connectivity index (χ3n) is 5.94. The van der Waals surface area contributed by atoms with Crippen LogP contribution in [0.4, 0.5) is 14.9 Å². The Hall–Kier alpha value is -3.95. The Morgan fingerprint density at radius 1 is 1.06 bits per heavy atom. The van der Waals surface area contributed by atoms with Gasteiger partial charge < -0.3 is 19.3 Å². The Morgan fingerprint density at radius 2 is 1.83 bits per heavy atom. The van der Waals surface area contributed by atoms with Gasteiger partial charge in [-0.05, 0) is 38.5 Å². The lowest BCUT2D eigenvalue weighted by Crippen LogP contribution is -2.50. The first-order valence-corrected chi connectivity index (χ1v) is 11.4.